The van der Waals surface area contributed by atoms with Crippen molar-refractivity contribution in [1.29, 1.82) is 0 Å². The normalized spacial score (nSPS) is 15.6. The molecule has 1 amide bonds. The number of hydrogen-bond donors (Lipinski definition) is 0. The highest BCUT2D eigenvalue weighted by atomic mass is 19.4. The zero-order valence-corrected chi connectivity index (χ0v) is 17.0. The molecule has 4 rings (SSSR count). The van der Waals surface area contributed by atoms with Crippen LogP contribution in [0.3, 0.4) is 0 Å². The van der Waals surface area contributed by atoms with Crippen molar-refractivity contribution < 1.29 is 35.7 Å². The Bertz CT molecular complexity index is 1130. The first-order chi connectivity index (χ1) is 15.5. The molecule has 1 fully saturated rings. The van der Waals surface area contributed by atoms with E-state index in [0.717, 1.165) is 24.3 Å². The quantitative estimate of drug-likeness (QED) is 0.456. The lowest BCUT2D eigenvalue weighted by Crippen LogP contribution is -2.38. The molecule has 0 aliphatic carbocycles. The summed E-state index contributed by atoms with van der Waals surface area (Å²) in [5.41, 5.74) is -1.81. The number of carbonyl (C=O) groups excluding carboxylic acids is 1. The van der Waals surface area contributed by atoms with Gasteiger partial charge in [-0.25, -0.2) is 0 Å². The van der Waals surface area contributed by atoms with E-state index in [4.69, 9.17) is 4.52 Å². The van der Waals surface area contributed by atoms with Gasteiger partial charge in [-0.05, 0) is 37.1 Å². The first-order valence-corrected chi connectivity index (χ1v) is 10.0. The van der Waals surface area contributed by atoms with Crippen LogP contribution in [0.2, 0.25) is 0 Å². The summed E-state index contributed by atoms with van der Waals surface area (Å²) in [4.78, 5) is 18.3. The Morgan fingerprint density at radius 1 is 0.909 bits per heavy atom. The number of hydrogen-bond acceptors (Lipinski definition) is 4. The molecular weight excluding hydrogens is 452 g/mol. The van der Waals surface area contributed by atoms with E-state index in [0.29, 0.717) is 18.4 Å². The zero-order chi connectivity index (χ0) is 23.8. The van der Waals surface area contributed by atoms with Crippen LogP contribution < -0.4 is 0 Å². The first-order valence-electron chi connectivity index (χ1n) is 10.0. The smallest absolute Gasteiger partial charge is 0.339 e. The Kier molecular flexibility index (Phi) is 5.89. The Balaban J connectivity index is 1.42. The van der Waals surface area contributed by atoms with E-state index in [9.17, 15) is 31.1 Å². The third-order valence-corrected chi connectivity index (χ3v) is 5.51. The summed E-state index contributed by atoms with van der Waals surface area (Å²) in [6.45, 7) is 0.404. The number of rotatable bonds is 3. The summed E-state index contributed by atoms with van der Waals surface area (Å²) in [6.07, 6.45) is -8.29. The highest BCUT2D eigenvalue weighted by Gasteiger charge is 2.37. The number of nitrogens with zero attached hydrogens (tertiary/aromatic N) is 3. The summed E-state index contributed by atoms with van der Waals surface area (Å²) in [5, 5.41) is 3.82. The van der Waals surface area contributed by atoms with Gasteiger partial charge in [0.1, 0.15) is 0 Å². The van der Waals surface area contributed by atoms with Crippen molar-refractivity contribution >= 4 is 5.91 Å². The Hall–Kier alpha value is -3.37. The van der Waals surface area contributed by atoms with Crippen molar-refractivity contribution in [3.8, 4) is 11.4 Å². The molecule has 2 aromatic carbocycles. The second kappa shape index (κ2) is 8.53. The molecule has 1 aliphatic rings. The highest BCUT2D eigenvalue weighted by Crippen LogP contribution is 2.35. The topological polar surface area (TPSA) is 59.2 Å². The number of aromatic nitrogens is 2. The van der Waals surface area contributed by atoms with E-state index < -0.39 is 35.0 Å². The molecule has 2 heterocycles. The SMILES string of the molecule is O=C(c1ccccc1C(F)(F)F)N1CCC(c2nc(-c3ccc(C(F)(F)F)cc3)no2)CC1. The van der Waals surface area contributed by atoms with Gasteiger partial charge in [0.05, 0.1) is 16.7 Å². The summed E-state index contributed by atoms with van der Waals surface area (Å²) < 4.78 is 83.1. The van der Waals surface area contributed by atoms with Gasteiger partial charge in [0.25, 0.3) is 5.91 Å². The van der Waals surface area contributed by atoms with Crippen molar-refractivity contribution in [2.45, 2.75) is 31.1 Å². The second-order valence-electron chi connectivity index (χ2n) is 7.64. The molecule has 0 saturated carbocycles. The lowest BCUT2D eigenvalue weighted by atomic mass is 9.95. The van der Waals surface area contributed by atoms with Crippen LogP contribution in [-0.4, -0.2) is 34.0 Å². The fraction of sp³-hybridized carbons (Fsp3) is 0.318. The van der Waals surface area contributed by atoms with Crippen LogP contribution in [0.4, 0.5) is 26.3 Å². The lowest BCUT2D eigenvalue weighted by Gasteiger charge is -2.31. The Labute approximate surface area is 184 Å². The van der Waals surface area contributed by atoms with Crippen LogP contribution in [-0.2, 0) is 12.4 Å². The van der Waals surface area contributed by atoms with Crippen LogP contribution in [0.1, 0.15) is 46.1 Å². The Morgan fingerprint density at radius 3 is 2.15 bits per heavy atom. The average Bonchev–Trinajstić information content (AvgIpc) is 3.28. The molecule has 1 aromatic heterocycles. The summed E-state index contributed by atoms with van der Waals surface area (Å²) in [7, 11) is 0. The minimum absolute atomic E-state index is 0.135. The lowest BCUT2D eigenvalue weighted by molar-refractivity contribution is -0.138. The maximum absolute atomic E-state index is 13.2. The standard InChI is InChI=1S/C22H17F6N3O2/c23-21(24,25)15-7-5-13(6-8-15)18-29-19(33-30-18)14-9-11-31(12-10-14)20(32)16-3-1-2-4-17(16)22(26,27)28/h1-8,14H,9-12H2. The van der Waals surface area contributed by atoms with Gasteiger partial charge in [-0.1, -0.05) is 29.4 Å². The van der Waals surface area contributed by atoms with E-state index in [-0.39, 0.29) is 30.7 Å². The number of alkyl halides is 6. The van der Waals surface area contributed by atoms with Crippen molar-refractivity contribution in [3.63, 3.8) is 0 Å². The van der Waals surface area contributed by atoms with Gasteiger partial charge in [0, 0.05) is 24.6 Å². The molecule has 11 heteroatoms. The molecule has 0 spiro atoms. The molecule has 0 atom stereocenters. The number of carbonyl (C=O) groups is 1. The van der Waals surface area contributed by atoms with Crippen LogP contribution in [0.25, 0.3) is 11.4 Å². The summed E-state index contributed by atoms with van der Waals surface area (Å²) in [6, 6.07) is 9.00. The molecule has 0 radical (unpaired) electrons. The monoisotopic (exact) mass is 469 g/mol. The van der Waals surface area contributed by atoms with Crippen molar-refractivity contribution in [1.82, 2.24) is 15.0 Å². The molecule has 3 aromatic rings. The average molecular weight is 469 g/mol. The van der Waals surface area contributed by atoms with Gasteiger partial charge in [0.2, 0.25) is 11.7 Å². The molecular formula is C22H17F6N3O2. The van der Waals surface area contributed by atoms with E-state index in [2.05, 4.69) is 10.1 Å². The number of benzene rings is 2. The number of piperidine rings is 1. The van der Waals surface area contributed by atoms with E-state index in [1.165, 1.54) is 29.2 Å². The minimum atomic E-state index is -4.64. The van der Waals surface area contributed by atoms with Crippen molar-refractivity contribution in [2.24, 2.45) is 0 Å². The highest BCUT2D eigenvalue weighted by molar-refractivity contribution is 5.96. The zero-order valence-electron chi connectivity index (χ0n) is 17.0. The van der Waals surface area contributed by atoms with Gasteiger partial charge in [-0.15, -0.1) is 0 Å². The van der Waals surface area contributed by atoms with E-state index >= 15 is 0 Å². The van der Waals surface area contributed by atoms with Crippen LogP contribution >= 0.6 is 0 Å². The largest absolute Gasteiger partial charge is 0.417 e. The molecule has 1 saturated heterocycles. The van der Waals surface area contributed by atoms with Gasteiger partial charge >= 0.3 is 12.4 Å². The molecule has 0 bridgehead atoms. The molecule has 5 nitrogen and oxygen atoms in total. The summed E-state index contributed by atoms with van der Waals surface area (Å²) in [5.74, 6) is -0.510. The van der Waals surface area contributed by atoms with Gasteiger partial charge in [-0.3, -0.25) is 4.79 Å². The molecule has 33 heavy (non-hydrogen) atoms. The predicted molar refractivity (Wildman–Crippen MR) is 104 cm³/mol. The maximum atomic E-state index is 13.2. The van der Waals surface area contributed by atoms with Crippen LogP contribution in [0, 0.1) is 0 Å². The van der Waals surface area contributed by atoms with Crippen molar-refractivity contribution in [2.75, 3.05) is 13.1 Å². The molecule has 1 aliphatic heterocycles. The van der Waals surface area contributed by atoms with Gasteiger partial charge < -0.3 is 9.42 Å². The molecule has 174 valence electrons. The first kappa shape index (κ1) is 22.8. The van der Waals surface area contributed by atoms with E-state index in [1.54, 1.807) is 0 Å². The maximum Gasteiger partial charge on any atom is 0.417 e. The van der Waals surface area contributed by atoms with Crippen LogP contribution in [0.5, 0.6) is 0 Å². The molecule has 0 unspecified atom stereocenters. The Morgan fingerprint density at radius 2 is 1.55 bits per heavy atom. The number of halogens is 6. The summed E-state index contributed by atoms with van der Waals surface area (Å²) >= 11 is 0. The van der Waals surface area contributed by atoms with Crippen molar-refractivity contribution in [3.05, 3.63) is 71.1 Å². The van der Waals surface area contributed by atoms with Gasteiger partial charge in [-0.2, -0.15) is 31.3 Å². The fourth-order valence-corrected chi connectivity index (χ4v) is 3.74. The second-order valence-corrected chi connectivity index (χ2v) is 7.64. The predicted octanol–water partition coefficient (Wildman–Crippen LogP) is 5.79. The number of likely N-dealkylation sites (tertiary alicyclic amines) is 1. The van der Waals surface area contributed by atoms with Crippen LogP contribution in [0.15, 0.2) is 53.1 Å². The van der Waals surface area contributed by atoms with Gasteiger partial charge in [0.15, 0.2) is 0 Å². The molecule has 0 N–H and O–H groups in total. The minimum Gasteiger partial charge on any atom is -0.339 e. The van der Waals surface area contributed by atoms with E-state index in [1.807, 2.05) is 0 Å². The fourth-order valence-electron chi connectivity index (χ4n) is 3.74. The third kappa shape index (κ3) is 4.86. The number of amides is 1. The third-order valence-electron chi connectivity index (χ3n) is 5.51.